The van der Waals surface area contributed by atoms with E-state index in [9.17, 15) is 14.9 Å². The first kappa shape index (κ1) is 29.0. The molecule has 204 valence electrons. The largest absolute Gasteiger partial charge is 0.489 e. The first-order chi connectivity index (χ1) is 18.1. The lowest BCUT2D eigenvalue weighted by Gasteiger charge is -2.29. The number of carbonyl (C=O) groups excluding carboxylic acids is 2. The predicted molar refractivity (Wildman–Crippen MR) is 145 cm³/mol. The molecule has 0 unspecified atom stereocenters. The van der Waals surface area contributed by atoms with E-state index in [4.69, 9.17) is 19.2 Å². The van der Waals surface area contributed by atoms with Crippen LogP contribution in [0.4, 0.5) is 4.79 Å². The number of aryl methyl sites for hydroxylation is 1. The zero-order chi connectivity index (χ0) is 27.8. The lowest BCUT2D eigenvalue weighted by molar-refractivity contribution is -0.154. The summed E-state index contributed by atoms with van der Waals surface area (Å²) in [6.07, 6.45) is 3.46. The molecular weight excluding hydrogens is 482 g/mol. The van der Waals surface area contributed by atoms with Gasteiger partial charge in [0.2, 0.25) is 0 Å². The van der Waals surface area contributed by atoms with Crippen molar-refractivity contribution < 1.29 is 23.8 Å². The van der Waals surface area contributed by atoms with Gasteiger partial charge in [0.05, 0.1) is 41.1 Å². The molecule has 2 atom stereocenters. The Morgan fingerprint density at radius 2 is 1.95 bits per heavy atom. The molecule has 1 heterocycles. The summed E-state index contributed by atoms with van der Waals surface area (Å²) in [5, 5.41) is 9.54. The minimum Gasteiger partial charge on any atom is -0.489 e. The Morgan fingerprint density at radius 1 is 1.18 bits per heavy atom. The van der Waals surface area contributed by atoms with Gasteiger partial charge in [-0.1, -0.05) is 13.0 Å². The highest BCUT2D eigenvalue weighted by atomic mass is 16.6. The topological polar surface area (TPSA) is 102 Å². The molecule has 2 aromatic rings. The molecule has 1 aromatic heterocycles. The number of nitriles is 1. The third-order valence-electron chi connectivity index (χ3n) is 6.85. The number of pyridine rings is 1. The summed E-state index contributed by atoms with van der Waals surface area (Å²) in [4.78, 5) is 31.1. The van der Waals surface area contributed by atoms with Gasteiger partial charge in [-0.15, -0.1) is 0 Å². The molecule has 1 amide bonds. The monoisotopic (exact) mass is 521 g/mol. The van der Waals surface area contributed by atoms with Crippen LogP contribution >= 0.6 is 0 Å². The Labute approximate surface area is 225 Å². The highest BCUT2D eigenvalue weighted by molar-refractivity contribution is 5.73. The molecule has 8 nitrogen and oxygen atoms in total. The molecule has 1 fully saturated rings. The van der Waals surface area contributed by atoms with Crippen LogP contribution < -0.4 is 4.74 Å². The lowest BCUT2D eigenvalue weighted by Crippen LogP contribution is -2.31. The van der Waals surface area contributed by atoms with Crippen LogP contribution in [0.5, 0.6) is 5.75 Å². The van der Waals surface area contributed by atoms with E-state index in [-0.39, 0.29) is 30.7 Å². The third kappa shape index (κ3) is 7.25. The van der Waals surface area contributed by atoms with Gasteiger partial charge < -0.3 is 19.1 Å². The molecule has 1 aliphatic rings. The van der Waals surface area contributed by atoms with Crippen LogP contribution in [0.1, 0.15) is 75.3 Å². The average molecular weight is 522 g/mol. The van der Waals surface area contributed by atoms with Crippen molar-refractivity contribution in [1.29, 1.82) is 5.26 Å². The molecule has 1 aliphatic carbocycles. The summed E-state index contributed by atoms with van der Waals surface area (Å²) in [6, 6.07) is 9.59. The van der Waals surface area contributed by atoms with E-state index < -0.39 is 6.09 Å². The highest BCUT2D eigenvalue weighted by Crippen LogP contribution is 2.33. The van der Waals surface area contributed by atoms with Gasteiger partial charge in [-0.25, -0.2) is 9.78 Å². The number of carbonyl (C=O) groups is 2. The second kappa shape index (κ2) is 13.3. The van der Waals surface area contributed by atoms with Gasteiger partial charge in [0.25, 0.3) is 0 Å². The molecule has 1 saturated carbocycles. The second-order valence-electron chi connectivity index (χ2n) is 10.2. The van der Waals surface area contributed by atoms with Crippen molar-refractivity contribution in [1.82, 2.24) is 9.88 Å². The first-order valence-electron chi connectivity index (χ1n) is 13.4. The van der Waals surface area contributed by atoms with E-state index in [0.29, 0.717) is 30.0 Å². The lowest BCUT2D eigenvalue weighted by atomic mass is 9.87. The molecule has 8 heteroatoms. The van der Waals surface area contributed by atoms with Gasteiger partial charge in [0.1, 0.15) is 12.4 Å². The molecule has 0 spiro atoms. The summed E-state index contributed by atoms with van der Waals surface area (Å²) < 4.78 is 17.3. The van der Waals surface area contributed by atoms with Crippen molar-refractivity contribution in [3.63, 3.8) is 0 Å². The van der Waals surface area contributed by atoms with E-state index in [1.54, 1.807) is 13.1 Å². The van der Waals surface area contributed by atoms with Gasteiger partial charge in [-0.3, -0.25) is 4.79 Å². The summed E-state index contributed by atoms with van der Waals surface area (Å²) in [5.41, 5.74) is 4.27. The number of rotatable bonds is 9. The number of benzene rings is 1. The average Bonchev–Trinajstić information content (AvgIpc) is 2.88. The minimum absolute atomic E-state index is 0.0402. The van der Waals surface area contributed by atoms with Crippen LogP contribution in [0.15, 0.2) is 24.3 Å². The van der Waals surface area contributed by atoms with E-state index in [1.807, 2.05) is 52.8 Å². The second-order valence-corrected chi connectivity index (χ2v) is 10.2. The third-order valence-corrected chi connectivity index (χ3v) is 6.85. The van der Waals surface area contributed by atoms with E-state index >= 15 is 0 Å². The summed E-state index contributed by atoms with van der Waals surface area (Å²) in [5.74, 6) is 0.381. The minimum atomic E-state index is -0.407. The van der Waals surface area contributed by atoms with Crippen molar-refractivity contribution in [2.24, 2.45) is 5.92 Å². The van der Waals surface area contributed by atoms with Crippen LogP contribution in [0.2, 0.25) is 0 Å². The molecule has 1 aromatic carbocycles. The van der Waals surface area contributed by atoms with E-state index in [2.05, 4.69) is 6.07 Å². The number of amides is 1. The zero-order valence-electron chi connectivity index (χ0n) is 23.4. The Balaban J connectivity index is 1.79. The van der Waals surface area contributed by atoms with Crippen LogP contribution in [-0.2, 0) is 20.9 Å². The standard InChI is InChI=1S/C30H39N3O5/c1-7-15-33(6)30(35)36-18-26-20(4)23(17-31)11-12-25(26)27-13-14-28(21(5)32-27)38-24-10-8-9-22(16-24)29(34)37-19(2)3/h11-14,19,22,24H,7-10,15-16,18H2,1-6H3/t22-,24-/m0/s1. The quantitative estimate of drug-likeness (QED) is 0.367. The van der Waals surface area contributed by atoms with Crippen LogP contribution in [0, 0.1) is 31.1 Å². The van der Waals surface area contributed by atoms with Gasteiger partial charge >= 0.3 is 12.1 Å². The van der Waals surface area contributed by atoms with Crippen LogP contribution in [-0.4, -0.2) is 47.7 Å². The number of hydrogen-bond acceptors (Lipinski definition) is 7. The van der Waals surface area contributed by atoms with Crippen molar-refractivity contribution in [3.8, 4) is 23.1 Å². The summed E-state index contributed by atoms with van der Waals surface area (Å²) in [6.45, 7) is 10.1. The Bertz CT molecular complexity index is 1190. The predicted octanol–water partition coefficient (Wildman–Crippen LogP) is 6.10. The first-order valence-corrected chi connectivity index (χ1v) is 13.4. The van der Waals surface area contributed by atoms with Crippen molar-refractivity contribution in [2.45, 2.75) is 85.5 Å². The maximum Gasteiger partial charge on any atom is 0.409 e. The van der Waals surface area contributed by atoms with E-state index in [1.165, 1.54) is 4.90 Å². The fourth-order valence-electron chi connectivity index (χ4n) is 4.77. The van der Waals surface area contributed by atoms with Crippen LogP contribution in [0.25, 0.3) is 11.3 Å². The van der Waals surface area contributed by atoms with Gasteiger partial charge in [-0.05, 0) is 83.6 Å². The Hall–Kier alpha value is -3.60. The SMILES string of the molecule is CCCN(C)C(=O)OCc1c(-c2ccc(O[C@H]3CCC[C@H](C(=O)OC(C)C)C3)c(C)n2)ccc(C#N)c1C. The number of esters is 1. The van der Waals surface area contributed by atoms with Crippen molar-refractivity contribution in [2.75, 3.05) is 13.6 Å². The summed E-state index contributed by atoms with van der Waals surface area (Å²) >= 11 is 0. The molecule has 0 radical (unpaired) electrons. The van der Waals surface area contributed by atoms with Crippen molar-refractivity contribution >= 4 is 12.1 Å². The number of hydrogen-bond donors (Lipinski definition) is 0. The maximum atomic E-state index is 12.4. The van der Waals surface area contributed by atoms with Gasteiger partial charge in [0, 0.05) is 24.7 Å². The van der Waals surface area contributed by atoms with Gasteiger partial charge in [-0.2, -0.15) is 5.26 Å². The number of nitrogens with zero attached hydrogens (tertiary/aromatic N) is 3. The highest BCUT2D eigenvalue weighted by Gasteiger charge is 2.30. The molecule has 0 N–H and O–H groups in total. The Kier molecular flexibility index (Phi) is 10.1. The summed E-state index contributed by atoms with van der Waals surface area (Å²) in [7, 11) is 1.71. The molecular formula is C30H39N3O5. The van der Waals surface area contributed by atoms with Crippen molar-refractivity contribution in [3.05, 3.63) is 46.6 Å². The molecule has 0 bridgehead atoms. The Morgan fingerprint density at radius 3 is 2.61 bits per heavy atom. The smallest absolute Gasteiger partial charge is 0.409 e. The van der Waals surface area contributed by atoms with Crippen LogP contribution in [0.3, 0.4) is 0 Å². The number of aromatic nitrogens is 1. The molecule has 0 saturated heterocycles. The fourth-order valence-corrected chi connectivity index (χ4v) is 4.77. The number of ether oxygens (including phenoxy) is 3. The fraction of sp³-hybridized carbons (Fsp3) is 0.533. The normalized spacial score (nSPS) is 17.0. The molecule has 3 rings (SSSR count). The molecule has 0 aliphatic heterocycles. The maximum absolute atomic E-state index is 12.4. The zero-order valence-corrected chi connectivity index (χ0v) is 23.4. The van der Waals surface area contributed by atoms with E-state index in [0.717, 1.165) is 48.1 Å². The van der Waals surface area contributed by atoms with Gasteiger partial charge in [0.15, 0.2) is 0 Å². The molecule has 38 heavy (non-hydrogen) atoms.